The van der Waals surface area contributed by atoms with E-state index in [0.717, 1.165) is 5.56 Å². The monoisotopic (exact) mass is 191 g/mol. The third-order valence-corrected chi connectivity index (χ3v) is 1.96. The molecule has 0 heterocycles. The first-order valence-corrected chi connectivity index (χ1v) is 4.56. The van der Waals surface area contributed by atoms with Crippen molar-refractivity contribution in [1.29, 1.82) is 5.26 Å². The number of rotatable bonds is 4. The lowest BCUT2D eigenvalue weighted by atomic mass is 10.1. The van der Waals surface area contributed by atoms with Crippen molar-refractivity contribution < 1.29 is 9.84 Å². The number of aliphatic hydroxyl groups excluding tert-OH is 1. The molecule has 0 radical (unpaired) electrons. The van der Waals surface area contributed by atoms with Crippen LogP contribution in [0.15, 0.2) is 24.3 Å². The summed E-state index contributed by atoms with van der Waals surface area (Å²) in [6.45, 7) is 1.90. The number of hydrogen-bond donors (Lipinski definition) is 1. The normalized spacial score (nSPS) is 11.8. The van der Waals surface area contributed by atoms with Gasteiger partial charge in [-0.2, -0.15) is 5.26 Å². The minimum atomic E-state index is -0.523. The first kappa shape index (κ1) is 10.6. The smallest absolute Gasteiger partial charge is 0.174 e. The molecule has 1 rings (SSSR count). The largest absolute Gasteiger partial charge is 0.478 e. The van der Waals surface area contributed by atoms with Crippen LogP contribution in [0.25, 0.3) is 0 Å². The fourth-order valence-corrected chi connectivity index (χ4v) is 1.22. The van der Waals surface area contributed by atoms with Gasteiger partial charge in [-0.3, -0.25) is 0 Å². The summed E-state index contributed by atoms with van der Waals surface area (Å²) in [6.07, 6.45) is 0.109. The predicted octanol–water partition coefficient (Wildman–Crippen LogP) is 2.03. The van der Waals surface area contributed by atoms with Gasteiger partial charge in [0.05, 0.1) is 6.10 Å². The standard InChI is InChI=1S/C11H13NO2/c1-2-10(13)9-5-3-4-6-11(9)14-8-7-12/h3-6,10,13H,2,8H2,1H3/t10-/m0/s1. The highest BCUT2D eigenvalue weighted by Gasteiger charge is 2.10. The molecule has 74 valence electrons. The SMILES string of the molecule is CC[C@H](O)c1ccccc1OCC#N. The van der Waals surface area contributed by atoms with Crippen molar-refractivity contribution >= 4 is 0 Å². The van der Waals surface area contributed by atoms with Gasteiger partial charge in [0.1, 0.15) is 11.8 Å². The number of nitriles is 1. The number of benzene rings is 1. The van der Waals surface area contributed by atoms with Crippen LogP contribution in [0.5, 0.6) is 5.75 Å². The second-order valence-corrected chi connectivity index (χ2v) is 2.91. The van der Waals surface area contributed by atoms with E-state index in [1.165, 1.54) is 0 Å². The quantitative estimate of drug-likeness (QED) is 0.792. The van der Waals surface area contributed by atoms with E-state index in [0.29, 0.717) is 12.2 Å². The average Bonchev–Trinajstić information content (AvgIpc) is 2.25. The number of para-hydroxylation sites is 1. The van der Waals surface area contributed by atoms with E-state index in [1.807, 2.05) is 25.1 Å². The van der Waals surface area contributed by atoms with Gasteiger partial charge in [0, 0.05) is 5.56 Å². The van der Waals surface area contributed by atoms with E-state index in [9.17, 15) is 5.11 Å². The minimum Gasteiger partial charge on any atom is -0.478 e. The van der Waals surface area contributed by atoms with Crippen LogP contribution in [0.1, 0.15) is 25.0 Å². The molecular weight excluding hydrogens is 178 g/mol. The van der Waals surface area contributed by atoms with Crippen molar-refractivity contribution in [1.82, 2.24) is 0 Å². The fourth-order valence-electron chi connectivity index (χ4n) is 1.22. The third kappa shape index (κ3) is 2.48. The summed E-state index contributed by atoms with van der Waals surface area (Å²) in [5.41, 5.74) is 0.741. The first-order valence-electron chi connectivity index (χ1n) is 4.56. The molecular formula is C11H13NO2. The molecule has 0 saturated heterocycles. The molecule has 0 aliphatic rings. The number of hydrogen-bond acceptors (Lipinski definition) is 3. The Morgan fingerprint density at radius 2 is 2.21 bits per heavy atom. The summed E-state index contributed by atoms with van der Waals surface area (Å²) in [5.74, 6) is 0.586. The van der Waals surface area contributed by atoms with Gasteiger partial charge in [-0.25, -0.2) is 0 Å². The molecule has 0 bridgehead atoms. The van der Waals surface area contributed by atoms with Gasteiger partial charge in [-0.05, 0) is 12.5 Å². The van der Waals surface area contributed by atoms with Crippen molar-refractivity contribution in [2.75, 3.05) is 6.61 Å². The lowest BCUT2D eigenvalue weighted by Crippen LogP contribution is -2.01. The van der Waals surface area contributed by atoms with Crippen molar-refractivity contribution in [2.45, 2.75) is 19.4 Å². The highest BCUT2D eigenvalue weighted by atomic mass is 16.5. The molecule has 0 aromatic heterocycles. The summed E-state index contributed by atoms with van der Waals surface area (Å²) >= 11 is 0. The maximum absolute atomic E-state index is 9.65. The van der Waals surface area contributed by atoms with E-state index in [2.05, 4.69) is 0 Å². The van der Waals surface area contributed by atoms with Crippen molar-refractivity contribution in [3.8, 4) is 11.8 Å². The first-order chi connectivity index (χ1) is 6.79. The Kier molecular flexibility index (Phi) is 3.96. The van der Waals surface area contributed by atoms with Crippen molar-refractivity contribution in [3.05, 3.63) is 29.8 Å². The number of ether oxygens (including phenoxy) is 1. The van der Waals surface area contributed by atoms with Gasteiger partial charge in [0.2, 0.25) is 0 Å². The maximum atomic E-state index is 9.65. The number of nitrogens with zero attached hydrogens (tertiary/aromatic N) is 1. The molecule has 0 amide bonds. The summed E-state index contributed by atoms with van der Waals surface area (Å²) in [7, 11) is 0. The molecule has 1 N–H and O–H groups in total. The summed E-state index contributed by atoms with van der Waals surface area (Å²) < 4.78 is 5.19. The van der Waals surface area contributed by atoms with Gasteiger partial charge in [0.25, 0.3) is 0 Å². The lowest BCUT2D eigenvalue weighted by Gasteiger charge is -2.12. The Hall–Kier alpha value is -1.53. The molecule has 0 saturated carbocycles. The third-order valence-electron chi connectivity index (χ3n) is 1.96. The molecule has 3 nitrogen and oxygen atoms in total. The summed E-state index contributed by atoms with van der Waals surface area (Å²) in [4.78, 5) is 0. The van der Waals surface area contributed by atoms with E-state index in [-0.39, 0.29) is 6.61 Å². The van der Waals surface area contributed by atoms with Crippen LogP contribution in [-0.4, -0.2) is 11.7 Å². The van der Waals surface area contributed by atoms with E-state index in [1.54, 1.807) is 12.1 Å². The van der Waals surface area contributed by atoms with Crippen LogP contribution in [0.4, 0.5) is 0 Å². The average molecular weight is 191 g/mol. The van der Waals surface area contributed by atoms with E-state index >= 15 is 0 Å². The summed E-state index contributed by atoms with van der Waals surface area (Å²) in [6, 6.07) is 9.12. The van der Waals surface area contributed by atoms with Crippen LogP contribution in [0, 0.1) is 11.3 Å². The predicted molar refractivity (Wildman–Crippen MR) is 52.8 cm³/mol. The highest BCUT2D eigenvalue weighted by molar-refractivity contribution is 5.35. The van der Waals surface area contributed by atoms with Crippen LogP contribution >= 0.6 is 0 Å². The second kappa shape index (κ2) is 5.25. The molecule has 0 spiro atoms. The zero-order valence-corrected chi connectivity index (χ0v) is 8.10. The zero-order valence-electron chi connectivity index (χ0n) is 8.10. The summed E-state index contributed by atoms with van der Waals surface area (Å²) in [5, 5.41) is 18.0. The molecule has 0 aliphatic heterocycles. The Labute approximate surface area is 83.6 Å². The molecule has 3 heteroatoms. The molecule has 1 aromatic rings. The molecule has 0 aliphatic carbocycles. The highest BCUT2D eigenvalue weighted by Crippen LogP contribution is 2.26. The van der Waals surface area contributed by atoms with Crippen LogP contribution < -0.4 is 4.74 Å². The van der Waals surface area contributed by atoms with E-state index in [4.69, 9.17) is 10.00 Å². The van der Waals surface area contributed by atoms with Crippen molar-refractivity contribution in [2.24, 2.45) is 0 Å². The molecule has 0 unspecified atom stereocenters. The van der Waals surface area contributed by atoms with Gasteiger partial charge in [0.15, 0.2) is 6.61 Å². The van der Waals surface area contributed by atoms with Gasteiger partial charge in [-0.15, -0.1) is 0 Å². The number of aliphatic hydroxyl groups is 1. The lowest BCUT2D eigenvalue weighted by molar-refractivity contribution is 0.168. The van der Waals surface area contributed by atoms with E-state index < -0.39 is 6.10 Å². The van der Waals surface area contributed by atoms with Crippen LogP contribution in [0.2, 0.25) is 0 Å². The fraction of sp³-hybridized carbons (Fsp3) is 0.364. The molecule has 1 aromatic carbocycles. The minimum absolute atomic E-state index is 0.00739. The Morgan fingerprint density at radius 3 is 2.86 bits per heavy atom. The zero-order chi connectivity index (χ0) is 10.4. The van der Waals surface area contributed by atoms with Gasteiger partial charge >= 0.3 is 0 Å². The second-order valence-electron chi connectivity index (χ2n) is 2.91. The molecule has 1 atom stereocenters. The van der Waals surface area contributed by atoms with Crippen molar-refractivity contribution in [3.63, 3.8) is 0 Å². The van der Waals surface area contributed by atoms with Gasteiger partial charge < -0.3 is 9.84 Å². The Bertz CT molecular complexity index is 330. The van der Waals surface area contributed by atoms with Gasteiger partial charge in [-0.1, -0.05) is 25.1 Å². The Balaban J connectivity index is 2.86. The molecule has 0 fully saturated rings. The van der Waals surface area contributed by atoms with Crippen LogP contribution in [-0.2, 0) is 0 Å². The maximum Gasteiger partial charge on any atom is 0.174 e. The van der Waals surface area contributed by atoms with Crippen LogP contribution in [0.3, 0.4) is 0 Å². The molecule has 14 heavy (non-hydrogen) atoms. The topological polar surface area (TPSA) is 53.2 Å². The Morgan fingerprint density at radius 1 is 1.50 bits per heavy atom.